The van der Waals surface area contributed by atoms with Crippen LogP contribution in [0.15, 0.2) is 0 Å². The SMILES string of the molecule is O=S(=O)(O)C(F)(F)C(F)(F)C(F)(F)S(=O)(=O)N1CCC2CCCCC2C1.[H-].[Na+]. The summed E-state index contributed by atoms with van der Waals surface area (Å²) in [6, 6.07) is 0. The Morgan fingerprint density at radius 3 is 1.81 bits per heavy atom. The summed E-state index contributed by atoms with van der Waals surface area (Å²) in [6.07, 6.45) is 2.89. The zero-order valence-electron chi connectivity index (χ0n) is 15.2. The summed E-state index contributed by atoms with van der Waals surface area (Å²) in [4.78, 5) is 0. The molecule has 0 aromatic rings. The van der Waals surface area contributed by atoms with Gasteiger partial charge in [0.25, 0.3) is 10.0 Å². The molecule has 2 atom stereocenters. The summed E-state index contributed by atoms with van der Waals surface area (Å²) in [5.74, 6) is -7.21. The largest absolute Gasteiger partial charge is 1.00 e. The van der Waals surface area contributed by atoms with Crippen LogP contribution in [0.25, 0.3) is 0 Å². The van der Waals surface area contributed by atoms with Gasteiger partial charge in [-0.15, -0.1) is 0 Å². The summed E-state index contributed by atoms with van der Waals surface area (Å²) in [7, 11) is -13.3. The molecule has 27 heavy (non-hydrogen) atoms. The Hall–Kier alpha value is 0.400. The third kappa shape index (κ3) is 4.04. The second-order valence-electron chi connectivity index (χ2n) is 6.54. The average Bonchev–Trinajstić information content (AvgIpc) is 2.52. The molecule has 1 saturated carbocycles. The van der Waals surface area contributed by atoms with Crippen molar-refractivity contribution in [2.45, 2.75) is 48.5 Å². The van der Waals surface area contributed by atoms with Gasteiger partial charge in [-0.1, -0.05) is 19.3 Å². The minimum atomic E-state index is -7.00. The molecule has 0 bridgehead atoms. The number of halogens is 6. The fourth-order valence-corrected chi connectivity index (χ4v) is 5.47. The van der Waals surface area contributed by atoms with Crippen molar-refractivity contribution < 1.29 is 78.7 Å². The molecule has 2 unspecified atom stereocenters. The number of alkyl halides is 6. The van der Waals surface area contributed by atoms with Crippen molar-refractivity contribution in [3.63, 3.8) is 0 Å². The first-order valence-corrected chi connectivity index (χ1v) is 10.6. The monoisotopic (exact) mass is 457 g/mol. The Kier molecular flexibility index (Phi) is 7.45. The van der Waals surface area contributed by atoms with Gasteiger partial charge < -0.3 is 1.43 Å². The summed E-state index contributed by atoms with van der Waals surface area (Å²) < 4.78 is 135. The fourth-order valence-electron chi connectivity index (χ4n) is 3.44. The molecule has 0 aromatic carbocycles. The van der Waals surface area contributed by atoms with Crippen molar-refractivity contribution in [2.75, 3.05) is 13.1 Å². The van der Waals surface area contributed by atoms with E-state index in [1.54, 1.807) is 0 Å². The van der Waals surface area contributed by atoms with Gasteiger partial charge in [0.05, 0.1) is 0 Å². The molecule has 15 heteroatoms. The molecule has 1 saturated heterocycles. The molecule has 2 fully saturated rings. The van der Waals surface area contributed by atoms with Crippen LogP contribution >= 0.6 is 0 Å². The van der Waals surface area contributed by atoms with E-state index in [2.05, 4.69) is 0 Å². The third-order valence-corrected chi connectivity index (χ3v) is 7.79. The molecule has 6 nitrogen and oxygen atoms in total. The van der Waals surface area contributed by atoms with E-state index in [4.69, 9.17) is 4.55 Å². The molecule has 0 amide bonds. The van der Waals surface area contributed by atoms with E-state index in [0.717, 1.165) is 12.8 Å². The van der Waals surface area contributed by atoms with E-state index < -0.39 is 49.7 Å². The Labute approximate surface area is 176 Å². The Morgan fingerprint density at radius 2 is 1.33 bits per heavy atom. The number of piperidine rings is 1. The van der Waals surface area contributed by atoms with Crippen molar-refractivity contribution >= 4 is 20.1 Å². The number of hydrogen-bond acceptors (Lipinski definition) is 4. The van der Waals surface area contributed by atoms with Crippen molar-refractivity contribution in [3.8, 4) is 0 Å². The van der Waals surface area contributed by atoms with Crippen molar-refractivity contribution in [2.24, 2.45) is 11.8 Å². The smallest absolute Gasteiger partial charge is 1.00 e. The molecule has 156 valence electrons. The van der Waals surface area contributed by atoms with Gasteiger partial charge in [-0.3, -0.25) is 4.55 Å². The standard InChI is InChI=1S/C12H17F6NO5S2.Na.H/c13-10(14,12(17,18)26(22,23)24)11(15,16)25(20,21)19-6-5-8-3-1-2-4-9(8)7-19;;/h8-9H,1-7H2,(H,22,23,24);;/q;+1;-1. The van der Waals surface area contributed by atoms with Gasteiger partial charge in [0, 0.05) is 13.1 Å². The number of rotatable bonds is 5. The topological polar surface area (TPSA) is 91.7 Å². The zero-order chi connectivity index (χ0) is 20.2. The van der Waals surface area contributed by atoms with Crippen LogP contribution in [0.2, 0.25) is 0 Å². The summed E-state index contributed by atoms with van der Waals surface area (Å²) in [5, 5.41) is -13.1. The first-order valence-electron chi connectivity index (χ1n) is 7.67. The Morgan fingerprint density at radius 1 is 0.852 bits per heavy atom. The van der Waals surface area contributed by atoms with Crippen LogP contribution in [-0.4, -0.2) is 55.2 Å². The maximum Gasteiger partial charge on any atom is 1.00 e. The maximum absolute atomic E-state index is 14.0. The molecule has 1 aliphatic carbocycles. The molecule has 2 aliphatic rings. The number of sulfonamides is 1. The molecular weight excluding hydrogens is 439 g/mol. The van der Waals surface area contributed by atoms with Crippen LogP contribution < -0.4 is 29.6 Å². The van der Waals surface area contributed by atoms with E-state index >= 15 is 0 Å². The van der Waals surface area contributed by atoms with E-state index in [0.29, 0.717) is 12.8 Å². The van der Waals surface area contributed by atoms with Crippen molar-refractivity contribution in [1.82, 2.24) is 4.31 Å². The van der Waals surface area contributed by atoms with Crippen LogP contribution in [0.5, 0.6) is 0 Å². The second kappa shape index (κ2) is 7.91. The quantitative estimate of drug-likeness (QED) is 0.346. The van der Waals surface area contributed by atoms with E-state index in [1.807, 2.05) is 0 Å². The third-order valence-electron chi connectivity index (χ3n) is 4.97. The number of fused-ring (bicyclic) bond motifs is 1. The molecule has 1 heterocycles. The fraction of sp³-hybridized carbons (Fsp3) is 1.00. The predicted octanol–water partition coefficient (Wildman–Crippen LogP) is -0.346. The minimum absolute atomic E-state index is 0. The van der Waals surface area contributed by atoms with Crippen LogP contribution in [0.1, 0.15) is 33.5 Å². The molecular formula is C12H18F6NNaO5S2. The van der Waals surface area contributed by atoms with E-state index in [-0.39, 0.29) is 53.5 Å². The Balaban J connectivity index is 0.00000364. The van der Waals surface area contributed by atoms with Crippen molar-refractivity contribution in [3.05, 3.63) is 0 Å². The first kappa shape index (κ1) is 25.4. The molecule has 0 aromatic heterocycles. The molecule has 1 aliphatic heterocycles. The summed E-state index contributed by atoms with van der Waals surface area (Å²) >= 11 is 0. The zero-order valence-corrected chi connectivity index (χ0v) is 17.8. The van der Waals surface area contributed by atoms with Crippen LogP contribution in [-0.2, 0) is 20.1 Å². The van der Waals surface area contributed by atoms with Gasteiger partial charge in [-0.25, -0.2) is 8.42 Å². The number of hydrogen-bond donors (Lipinski definition) is 1. The summed E-state index contributed by atoms with van der Waals surface area (Å²) in [6.45, 7) is -1.09. The minimum Gasteiger partial charge on any atom is -1.00 e. The first-order chi connectivity index (χ1) is 11.6. The van der Waals surface area contributed by atoms with Gasteiger partial charge in [0.1, 0.15) is 0 Å². The maximum atomic E-state index is 14.0. The molecule has 2 rings (SSSR count). The van der Waals surface area contributed by atoms with Crippen molar-refractivity contribution in [1.29, 1.82) is 0 Å². The van der Waals surface area contributed by atoms with Gasteiger partial charge in [0.15, 0.2) is 0 Å². The van der Waals surface area contributed by atoms with Gasteiger partial charge in [-0.2, -0.15) is 39.1 Å². The van der Waals surface area contributed by atoms with Crippen LogP contribution in [0.3, 0.4) is 0 Å². The Bertz CT molecular complexity index is 766. The second-order valence-corrected chi connectivity index (χ2v) is 9.98. The van der Waals surface area contributed by atoms with Crippen LogP contribution in [0, 0.1) is 11.8 Å². The van der Waals surface area contributed by atoms with Gasteiger partial charge in [0.2, 0.25) is 0 Å². The van der Waals surface area contributed by atoms with Gasteiger partial charge in [-0.05, 0) is 24.7 Å². The average molecular weight is 457 g/mol. The number of nitrogens with zero attached hydrogens (tertiary/aromatic N) is 1. The summed E-state index contributed by atoms with van der Waals surface area (Å²) in [5.41, 5.74) is 0. The molecule has 1 N–H and O–H groups in total. The van der Waals surface area contributed by atoms with E-state index in [9.17, 15) is 43.2 Å². The predicted molar refractivity (Wildman–Crippen MR) is 78.1 cm³/mol. The molecule has 0 radical (unpaired) electrons. The van der Waals surface area contributed by atoms with Crippen LogP contribution in [0.4, 0.5) is 26.3 Å². The van der Waals surface area contributed by atoms with E-state index in [1.165, 1.54) is 0 Å². The van der Waals surface area contributed by atoms with Gasteiger partial charge >= 0.3 is 56.1 Å². The molecule has 0 spiro atoms. The normalized spacial score (nSPS) is 26.2.